The van der Waals surface area contributed by atoms with Crippen LogP contribution in [0.2, 0.25) is 0 Å². The highest BCUT2D eigenvalue weighted by Gasteiger charge is 2.23. The molecule has 2 rings (SSSR count). The molecule has 0 saturated carbocycles. The van der Waals surface area contributed by atoms with Crippen LogP contribution in [0.5, 0.6) is 5.75 Å². The number of hydrogen-bond acceptors (Lipinski definition) is 3. The molecule has 0 amide bonds. The van der Waals surface area contributed by atoms with E-state index in [0.29, 0.717) is 4.47 Å². The Balaban J connectivity index is 2.29. The molecule has 0 aliphatic carbocycles. The summed E-state index contributed by atoms with van der Waals surface area (Å²) in [4.78, 5) is 0.225. The highest BCUT2D eigenvalue weighted by atomic mass is 79.9. The minimum Gasteiger partial charge on any atom is -0.508 e. The lowest BCUT2D eigenvalue weighted by molar-refractivity contribution is 0.458. The topological polar surface area (TPSA) is 57.6 Å². The monoisotopic (exact) mass is 355 g/mol. The molecular formula is C14H14BrNO3S. The fourth-order valence-electron chi connectivity index (χ4n) is 1.82. The van der Waals surface area contributed by atoms with E-state index in [2.05, 4.69) is 15.9 Å². The number of phenolic OH excluding ortho intramolecular Hbond substituents is 1. The number of nitrogens with zero attached hydrogens (tertiary/aromatic N) is 1. The summed E-state index contributed by atoms with van der Waals surface area (Å²) in [7, 11) is -2.06. The number of phenols is 1. The number of rotatable bonds is 4. The predicted octanol–water partition coefficient (Wildman–Crippen LogP) is 2.98. The Morgan fingerprint density at radius 2 is 1.85 bits per heavy atom. The number of sulfonamides is 1. The first-order chi connectivity index (χ1) is 9.41. The van der Waals surface area contributed by atoms with Crippen LogP contribution >= 0.6 is 15.9 Å². The molecule has 0 aliphatic heterocycles. The zero-order valence-corrected chi connectivity index (χ0v) is 13.2. The molecule has 0 aliphatic rings. The van der Waals surface area contributed by atoms with Gasteiger partial charge in [-0.3, -0.25) is 0 Å². The van der Waals surface area contributed by atoms with Crippen molar-refractivity contribution in [2.24, 2.45) is 0 Å². The summed E-state index contributed by atoms with van der Waals surface area (Å²) in [6, 6.07) is 13.2. The van der Waals surface area contributed by atoms with Crippen LogP contribution in [0.25, 0.3) is 0 Å². The van der Waals surface area contributed by atoms with E-state index in [1.807, 2.05) is 0 Å². The predicted molar refractivity (Wildman–Crippen MR) is 80.9 cm³/mol. The smallest absolute Gasteiger partial charge is 0.244 e. The van der Waals surface area contributed by atoms with Crippen LogP contribution < -0.4 is 0 Å². The average Bonchev–Trinajstić information content (AvgIpc) is 2.39. The minimum absolute atomic E-state index is 0.120. The molecule has 0 bridgehead atoms. The zero-order chi connectivity index (χ0) is 14.8. The second-order valence-electron chi connectivity index (χ2n) is 4.36. The molecule has 106 valence electrons. The van der Waals surface area contributed by atoms with Gasteiger partial charge in [-0.05, 0) is 45.8 Å². The van der Waals surface area contributed by atoms with Gasteiger partial charge in [0.25, 0.3) is 0 Å². The summed E-state index contributed by atoms with van der Waals surface area (Å²) in [5.41, 5.74) is 0.725. The van der Waals surface area contributed by atoms with Crippen molar-refractivity contribution in [2.45, 2.75) is 11.4 Å². The Hall–Kier alpha value is -1.37. The molecule has 0 heterocycles. The fourth-order valence-corrected chi connectivity index (χ4v) is 3.94. The van der Waals surface area contributed by atoms with Crippen LogP contribution in [-0.2, 0) is 16.6 Å². The van der Waals surface area contributed by atoms with Crippen molar-refractivity contribution >= 4 is 26.0 Å². The van der Waals surface area contributed by atoms with Crippen LogP contribution in [-0.4, -0.2) is 24.9 Å². The number of aromatic hydroxyl groups is 1. The lowest BCUT2D eigenvalue weighted by Gasteiger charge is -2.18. The molecule has 0 fully saturated rings. The van der Waals surface area contributed by atoms with E-state index in [9.17, 15) is 13.5 Å². The third-order valence-corrected chi connectivity index (χ3v) is 5.66. The largest absolute Gasteiger partial charge is 0.508 e. The van der Waals surface area contributed by atoms with Crippen molar-refractivity contribution in [3.63, 3.8) is 0 Å². The maximum absolute atomic E-state index is 12.5. The SMILES string of the molecule is CN(Cc1cccc(O)c1)S(=O)(=O)c1ccccc1Br. The van der Waals surface area contributed by atoms with Gasteiger partial charge in [-0.25, -0.2) is 8.42 Å². The van der Waals surface area contributed by atoms with Gasteiger partial charge in [0.15, 0.2) is 0 Å². The van der Waals surface area contributed by atoms with Gasteiger partial charge in [0.2, 0.25) is 10.0 Å². The van der Waals surface area contributed by atoms with Gasteiger partial charge >= 0.3 is 0 Å². The van der Waals surface area contributed by atoms with Crippen molar-refractivity contribution in [3.05, 3.63) is 58.6 Å². The van der Waals surface area contributed by atoms with Crippen molar-refractivity contribution in [3.8, 4) is 5.75 Å². The summed E-state index contributed by atoms with van der Waals surface area (Å²) in [5.74, 6) is 0.120. The molecule has 0 aromatic heterocycles. The van der Waals surface area contributed by atoms with Crippen LogP contribution in [0.3, 0.4) is 0 Å². The summed E-state index contributed by atoms with van der Waals surface area (Å²) in [6.45, 7) is 0.193. The first kappa shape index (κ1) is 15.0. The van der Waals surface area contributed by atoms with Crippen molar-refractivity contribution in [2.75, 3.05) is 7.05 Å². The van der Waals surface area contributed by atoms with Gasteiger partial charge in [-0.15, -0.1) is 0 Å². The highest BCUT2D eigenvalue weighted by molar-refractivity contribution is 9.10. The molecule has 1 N–H and O–H groups in total. The quantitative estimate of drug-likeness (QED) is 0.916. The Morgan fingerprint density at radius 1 is 1.15 bits per heavy atom. The third-order valence-electron chi connectivity index (χ3n) is 2.84. The van der Waals surface area contributed by atoms with E-state index in [1.54, 1.807) is 48.5 Å². The molecule has 0 radical (unpaired) electrons. The van der Waals surface area contributed by atoms with Crippen molar-refractivity contribution in [1.29, 1.82) is 0 Å². The van der Waals surface area contributed by atoms with Gasteiger partial charge in [0.05, 0.1) is 4.90 Å². The minimum atomic E-state index is -3.58. The molecule has 4 nitrogen and oxygen atoms in total. The van der Waals surface area contributed by atoms with E-state index in [1.165, 1.54) is 11.4 Å². The van der Waals surface area contributed by atoms with Gasteiger partial charge < -0.3 is 5.11 Å². The van der Waals surface area contributed by atoms with Crippen LogP contribution in [0.15, 0.2) is 57.9 Å². The lowest BCUT2D eigenvalue weighted by Crippen LogP contribution is -2.26. The molecule has 0 unspecified atom stereocenters. The van der Waals surface area contributed by atoms with Crippen LogP contribution in [0.1, 0.15) is 5.56 Å². The molecule has 2 aromatic rings. The lowest BCUT2D eigenvalue weighted by atomic mass is 10.2. The molecule has 2 aromatic carbocycles. The Bertz CT molecular complexity index is 716. The Kier molecular flexibility index (Phi) is 4.47. The van der Waals surface area contributed by atoms with E-state index in [4.69, 9.17) is 0 Å². The third kappa shape index (κ3) is 3.20. The summed E-state index contributed by atoms with van der Waals surface area (Å²) >= 11 is 3.25. The fraction of sp³-hybridized carbons (Fsp3) is 0.143. The van der Waals surface area contributed by atoms with Crippen molar-refractivity contribution in [1.82, 2.24) is 4.31 Å². The summed E-state index contributed by atoms with van der Waals surface area (Å²) < 4.78 is 26.7. The van der Waals surface area contributed by atoms with E-state index >= 15 is 0 Å². The first-order valence-electron chi connectivity index (χ1n) is 5.90. The molecule has 0 atom stereocenters. The number of benzene rings is 2. The normalized spacial score (nSPS) is 11.8. The standard InChI is InChI=1S/C14H14BrNO3S/c1-16(10-11-5-4-6-12(17)9-11)20(18,19)14-8-3-2-7-13(14)15/h2-9,17H,10H2,1H3. The summed E-state index contributed by atoms with van der Waals surface area (Å²) in [6.07, 6.45) is 0. The van der Waals surface area contributed by atoms with Gasteiger partial charge in [-0.1, -0.05) is 24.3 Å². The first-order valence-corrected chi connectivity index (χ1v) is 8.13. The molecule has 0 saturated heterocycles. The van der Waals surface area contributed by atoms with E-state index in [0.717, 1.165) is 5.56 Å². The number of halogens is 1. The van der Waals surface area contributed by atoms with Gasteiger partial charge in [-0.2, -0.15) is 4.31 Å². The maximum atomic E-state index is 12.5. The van der Waals surface area contributed by atoms with Crippen molar-refractivity contribution < 1.29 is 13.5 Å². The van der Waals surface area contributed by atoms with Crippen LogP contribution in [0, 0.1) is 0 Å². The van der Waals surface area contributed by atoms with Gasteiger partial charge in [0.1, 0.15) is 5.75 Å². The molecular weight excluding hydrogens is 342 g/mol. The molecule has 20 heavy (non-hydrogen) atoms. The second-order valence-corrected chi connectivity index (χ2v) is 7.23. The van der Waals surface area contributed by atoms with E-state index < -0.39 is 10.0 Å². The zero-order valence-electron chi connectivity index (χ0n) is 10.8. The van der Waals surface area contributed by atoms with Crippen LogP contribution in [0.4, 0.5) is 0 Å². The summed E-state index contributed by atoms with van der Waals surface area (Å²) in [5, 5.41) is 9.41. The second kappa shape index (κ2) is 5.95. The molecule has 6 heteroatoms. The Labute approximate surface area is 126 Å². The number of hydrogen-bond donors (Lipinski definition) is 1. The Morgan fingerprint density at radius 3 is 2.50 bits per heavy atom. The maximum Gasteiger partial charge on any atom is 0.244 e. The van der Waals surface area contributed by atoms with Gasteiger partial charge in [0, 0.05) is 18.1 Å². The average molecular weight is 356 g/mol. The van der Waals surface area contributed by atoms with E-state index in [-0.39, 0.29) is 17.2 Å². The molecule has 0 spiro atoms. The highest BCUT2D eigenvalue weighted by Crippen LogP contribution is 2.25.